The molecule has 258 valence electrons. The standard InChI is InChI=1S/C39H72O5/c1-3-5-7-9-11-13-15-16-17-18-19-20-21-22-24-25-27-29-31-33-38(41)43-36-37(35-40)44-39(42)34-32-30-28-26-23-14-12-10-8-6-4-2/h11,13,16-17,37,40H,3-10,12,14-15,18-36H2,1-2H3/t37-/m0/s1. The van der Waals surface area contributed by atoms with Crippen LogP contribution in [-0.2, 0) is 19.1 Å². The number of hydrogen-bond donors (Lipinski definition) is 1. The van der Waals surface area contributed by atoms with E-state index in [1.165, 1.54) is 122 Å². The zero-order valence-corrected chi connectivity index (χ0v) is 29.2. The third-order valence-electron chi connectivity index (χ3n) is 8.25. The lowest BCUT2D eigenvalue weighted by Crippen LogP contribution is -2.28. The van der Waals surface area contributed by atoms with Crippen molar-refractivity contribution in [2.24, 2.45) is 0 Å². The number of allylic oxidation sites excluding steroid dienone is 4. The second-order valence-corrected chi connectivity index (χ2v) is 12.7. The lowest BCUT2D eigenvalue weighted by Gasteiger charge is -2.15. The molecule has 0 aromatic carbocycles. The van der Waals surface area contributed by atoms with E-state index in [9.17, 15) is 14.7 Å². The van der Waals surface area contributed by atoms with Gasteiger partial charge in [0.2, 0.25) is 0 Å². The van der Waals surface area contributed by atoms with Gasteiger partial charge in [-0.05, 0) is 44.9 Å². The first-order chi connectivity index (χ1) is 21.6. The SMILES string of the molecule is CCCCCC=CCC=CCCCCCCCCCCCC(=O)OC[C@H](CO)OC(=O)CCCCCCCCCCCCC. The summed E-state index contributed by atoms with van der Waals surface area (Å²) in [5.74, 6) is -0.591. The van der Waals surface area contributed by atoms with Crippen LogP contribution in [0.15, 0.2) is 24.3 Å². The molecule has 1 atom stereocenters. The third kappa shape index (κ3) is 33.3. The summed E-state index contributed by atoms with van der Waals surface area (Å²) in [6.45, 7) is 4.10. The molecule has 0 aliphatic heterocycles. The summed E-state index contributed by atoms with van der Waals surface area (Å²) in [5, 5.41) is 9.52. The lowest BCUT2D eigenvalue weighted by atomic mass is 10.1. The molecule has 0 saturated carbocycles. The molecule has 0 spiro atoms. The Morgan fingerprint density at radius 3 is 1.39 bits per heavy atom. The van der Waals surface area contributed by atoms with Crippen molar-refractivity contribution in [3.8, 4) is 0 Å². The maximum Gasteiger partial charge on any atom is 0.306 e. The van der Waals surface area contributed by atoms with Crippen molar-refractivity contribution in [3.05, 3.63) is 24.3 Å². The Morgan fingerprint density at radius 2 is 0.909 bits per heavy atom. The summed E-state index contributed by atoms with van der Waals surface area (Å²) in [6, 6.07) is 0. The fourth-order valence-corrected chi connectivity index (χ4v) is 5.35. The normalized spacial score (nSPS) is 12.3. The van der Waals surface area contributed by atoms with Crippen LogP contribution in [0.5, 0.6) is 0 Å². The largest absolute Gasteiger partial charge is 0.462 e. The van der Waals surface area contributed by atoms with Crippen LogP contribution in [0.3, 0.4) is 0 Å². The van der Waals surface area contributed by atoms with Gasteiger partial charge in [0.1, 0.15) is 6.61 Å². The van der Waals surface area contributed by atoms with Gasteiger partial charge in [0.05, 0.1) is 6.61 Å². The molecule has 0 aliphatic carbocycles. The molecule has 44 heavy (non-hydrogen) atoms. The summed E-state index contributed by atoms with van der Waals surface area (Å²) in [6.07, 6.45) is 40.9. The van der Waals surface area contributed by atoms with Crippen LogP contribution in [0.4, 0.5) is 0 Å². The first-order valence-electron chi connectivity index (χ1n) is 18.9. The average molecular weight is 621 g/mol. The van der Waals surface area contributed by atoms with Crippen LogP contribution < -0.4 is 0 Å². The topological polar surface area (TPSA) is 72.8 Å². The Hall–Kier alpha value is -1.62. The molecule has 0 aromatic rings. The zero-order valence-electron chi connectivity index (χ0n) is 29.2. The van der Waals surface area contributed by atoms with E-state index in [0.29, 0.717) is 12.8 Å². The van der Waals surface area contributed by atoms with Crippen LogP contribution in [0, 0.1) is 0 Å². The van der Waals surface area contributed by atoms with Crippen LogP contribution in [0.25, 0.3) is 0 Å². The van der Waals surface area contributed by atoms with E-state index in [-0.39, 0.29) is 25.2 Å². The Balaban J connectivity index is 3.53. The smallest absolute Gasteiger partial charge is 0.306 e. The van der Waals surface area contributed by atoms with Crippen molar-refractivity contribution >= 4 is 11.9 Å². The number of hydrogen-bond acceptors (Lipinski definition) is 5. The molecule has 5 nitrogen and oxygen atoms in total. The van der Waals surface area contributed by atoms with Crippen LogP contribution >= 0.6 is 0 Å². The molecule has 0 saturated heterocycles. The van der Waals surface area contributed by atoms with E-state index >= 15 is 0 Å². The van der Waals surface area contributed by atoms with Gasteiger partial charge in [-0.15, -0.1) is 0 Å². The van der Waals surface area contributed by atoms with E-state index < -0.39 is 6.10 Å². The average Bonchev–Trinajstić information content (AvgIpc) is 3.02. The van der Waals surface area contributed by atoms with Gasteiger partial charge in [0.15, 0.2) is 6.10 Å². The Bertz CT molecular complexity index is 671. The first kappa shape index (κ1) is 42.4. The molecule has 0 fully saturated rings. The number of unbranched alkanes of at least 4 members (excludes halogenated alkanes) is 22. The second-order valence-electron chi connectivity index (χ2n) is 12.7. The second kappa shape index (κ2) is 35.9. The van der Waals surface area contributed by atoms with Crippen molar-refractivity contribution in [2.45, 2.75) is 200 Å². The number of rotatable bonds is 34. The Kier molecular flexibility index (Phi) is 34.5. The summed E-state index contributed by atoms with van der Waals surface area (Å²) in [4.78, 5) is 24.2. The van der Waals surface area contributed by atoms with Crippen molar-refractivity contribution in [1.82, 2.24) is 0 Å². The molecule has 5 heteroatoms. The molecular weight excluding hydrogens is 548 g/mol. The molecule has 0 aliphatic rings. The summed E-state index contributed by atoms with van der Waals surface area (Å²) < 4.78 is 10.6. The minimum Gasteiger partial charge on any atom is -0.462 e. The highest BCUT2D eigenvalue weighted by Crippen LogP contribution is 2.14. The minimum absolute atomic E-state index is 0.0642. The van der Waals surface area contributed by atoms with Crippen molar-refractivity contribution < 1.29 is 24.2 Å². The van der Waals surface area contributed by atoms with Crippen molar-refractivity contribution in [3.63, 3.8) is 0 Å². The highest BCUT2D eigenvalue weighted by molar-refractivity contribution is 5.70. The summed E-state index contributed by atoms with van der Waals surface area (Å²) in [5.41, 5.74) is 0. The van der Waals surface area contributed by atoms with Gasteiger partial charge in [0.25, 0.3) is 0 Å². The molecule has 0 rings (SSSR count). The van der Waals surface area contributed by atoms with E-state index in [0.717, 1.165) is 44.9 Å². The quantitative estimate of drug-likeness (QED) is 0.0440. The Labute approximate surface area is 273 Å². The molecule has 0 heterocycles. The number of ether oxygens (including phenoxy) is 2. The van der Waals surface area contributed by atoms with Crippen molar-refractivity contribution in [2.75, 3.05) is 13.2 Å². The molecule has 0 bridgehead atoms. The molecule has 0 aromatic heterocycles. The molecule has 0 amide bonds. The summed E-state index contributed by atoms with van der Waals surface area (Å²) >= 11 is 0. The summed E-state index contributed by atoms with van der Waals surface area (Å²) in [7, 11) is 0. The number of aliphatic hydroxyl groups is 1. The molecule has 1 N–H and O–H groups in total. The fraction of sp³-hybridized carbons (Fsp3) is 0.846. The van der Waals surface area contributed by atoms with Gasteiger partial charge in [-0.3, -0.25) is 9.59 Å². The van der Waals surface area contributed by atoms with Gasteiger partial charge in [-0.2, -0.15) is 0 Å². The van der Waals surface area contributed by atoms with Gasteiger partial charge in [-0.25, -0.2) is 0 Å². The van der Waals surface area contributed by atoms with E-state index in [2.05, 4.69) is 38.2 Å². The lowest BCUT2D eigenvalue weighted by molar-refractivity contribution is -0.161. The number of aliphatic hydroxyl groups excluding tert-OH is 1. The number of carbonyl (C=O) groups is 2. The maximum atomic E-state index is 12.1. The van der Waals surface area contributed by atoms with Gasteiger partial charge >= 0.3 is 11.9 Å². The van der Waals surface area contributed by atoms with Gasteiger partial charge in [-0.1, -0.05) is 160 Å². The Morgan fingerprint density at radius 1 is 0.523 bits per heavy atom. The van der Waals surface area contributed by atoms with Crippen LogP contribution in [-0.4, -0.2) is 36.4 Å². The highest BCUT2D eigenvalue weighted by Gasteiger charge is 2.16. The minimum atomic E-state index is -0.766. The number of carbonyl (C=O) groups excluding carboxylic acids is 2. The predicted octanol–water partition coefficient (Wildman–Crippen LogP) is 11.5. The van der Waals surface area contributed by atoms with Gasteiger partial charge in [0, 0.05) is 12.8 Å². The van der Waals surface area contributed by atoms with Gasteiger partial charge < -0.3 is 14.6 Å². The highest BCUT2D eigenvalue weighted by atomic mass is 16.6. The van der Waals surface area contributed by atoms with Crippen LogP contribution in [0.2, 0.25) is 0 Å². The maximum absolute atomic E-state index is 12.1. The van der Waals surface area contributed by atoms with Crippen molar-refractivity contribution in [1.29, 1.82) is 0 Å². The number of esters is 2. The predicted molar refractivity (Wildman–Crippen MR) is 187 cm³/mol. The van der Waals surface area contributed by atoms with E-state index in [1.54, 1.807) is 0 Å². The monoisotopic (exact) mass is 621 g/mol. The molecular formula is C39H72O5. The zero-order chi connectivity index (χ0) is 32.2. The third-order valence-corrected chi connectivity index (χ3v) is 8.25. The molecule has 0 radical (unpaired) electrons. The fourth-order valence-electron chi connectivity index (χ4n) is 5.35. The van der Waals surface area contributed by atoms with Crippen LogP contribution in [0.1, 0.15) is 194 Å². The van der Waals surface area contributed by atoms with E-state index in [1.807, 2.05) is 0 Å². The van der Waals surface area contributed by atoms with E-state index in [4.69, 9.17) is 9.47 Å². The molecule has 0 unspecified atom stereocenters. The first-order valence-corrected chi connectivity index (χ1v) is 18.9.